The van der Waals surface area contributed by atoms with Crippen LogP contribution in [-0.2, 0) is 9.47 Å². The van der Waals surface area contributed by atoms with E-state index in [1.54, 1.807) is 0 Å². The molecule has 2 rings (SSSR count). The van der Waals surface area contributed by atoms with Gasteiger partial charge in [0, 0.05) is 26.1 Å². The maximum Gasteiger partial charge on any atom is 0.106 e. The molecule has 12 heavy (non-hydrogen) atoms. The van der Waals surface area contributed by atoms with Gasteiger partial charge in [0.1, 0.15) is 5.60 Å². The number of nitrogens with one attached hydrogen (secondary N) is 1. The lowest BCUT2D eigenvalue weighted by Crippen LogP contribution is -2.54. The molecular formula is C9H17NO2. The minimum atomic E-state index is 0.0128. The van der Waals surface area contributed by atoms with Crippen LogP contribution in [0.1, 0.15) is 19.8 Å². The van der Waals surface area contributed by atoms with Gasteiger partial charge in [0.15, 0.2) is 0 Å². The van der Waals surface area contributed by atoms with Gasteiger partial charge < -0.3 is 14.8 Å². The van der Waals surface area contributed by atoms with Crippen molar-refractivity contribution in [3.8, 4) is 0 Å². The zero-order valence-corrected chi connectivity index (χ0v) is 7.64. The summed E-state index contributed by atoms with van der Waals surface area (Å²) in [5, 5.41) is 3.41. The largest absolute Gasteiger partial charge is 0.378 e. The molecule has 3 heteroatoms. The molecule has 0 amide bonds. The molecule has 0 unspecified atom stereocenters. The number of hydrogen-bond acceptors (Lipinski definition) is 3. The molecule has 0 aromatic heterocycles. The summed E-state index contributed by atoms with van der Waals surface area (Å²) in [6.07, 6.45) is 2.53. The molecule has 3 nitrogen and oxygen atoms in total. The summed E-state index contributed by atoms with van der Waals surface area (Å²) in [5.74, 6) is 0. The zero-order valence-electron chi connectivity index (χ0n) is 7.64. The van der Waals surface area contributed by atoms with Crippen LogP contribution in [-0.4, -0.2) is 38.0 Å². The Morgan fingerprint density at radius 2 is 2.50 bits per heavy atom. The minimum Gasteiger partial charge on any atom is -0.378 e. The molecule has 2 fully saturated rings. The summed E-state index contributed by atoms with van der Waals surface area (Å²) >= 11 is 0. The predicted octanol–water partition coefficient (Wildman–Crippen LogP) is 0.544. The van der Waals surface area contributed by atoms with E-state index in [0.29, 0.717) is 6.10 Å². The maximum atomic E-state index is 6.00. The quantitative estimate of drug-likeness (QED) is 0.624. The second kappa shape index (κ2) is 3.32. The van der Waals surface area contributed by atoms with Gasteiger partial charge in [-0.1, -0.05) is 6.92 Å². The van der Waals surface area contributed by atoms with Gasteiger partial charge in [0.2, 0.25) is 0 Å². The third kappa shape index (κ3) is 1.49. The van der Waals surface area contributed by atoms with Gasteiger partial charge in [-0.05, 0) is 6.42 Å². The third-order valence-corrected chi connectivity index (χ3v) is 2.76. The Hall–Kier alpha value is -0.120. The van der Waals surface area contributed by atoms with Gasteiger partial charge in [-0.15, -0.1) is 0 Å². The molecule has 2 saturated heterocycles. The van der Waals surface area contributed by atoms with Crippen LogP contribution in [0.15, 0.2) is 0 Å². The summed E-state index contributed by atoms with van der Waals surface area (Å²) in [6.45, 7) is 5.76. The first kappa shape index (κ1) is 8.48. The Kier molecular flexibility index (Phi) is 2.35. The SMILES string of the molecule is CC[C@@H]1CNC[C@@]2(CCOC2)O1. The van der Waals surface area contributed by atoms with Gasteiger partial charge >= 0.3 is 0 Å². The first-order valence-corrected chi connectivity index (χ1v) is 4.81. The lowest BCUT2D eigenvalue weighted by Gasteiger charge is -2.37. The number of ether oxygens (including phenoxy) is 2. The first-order valence-electron chi connectivity index (χ1n) is 4.81. The summed E-state index contributed by atoms with van der Waals surface area (Å²) in [6, 6.07) is 0. The van der Waals surface area contributed by atoms with Crippen molar-refractivity contribution in [2.45, 2.75) is 31.5 Å². The molecule has 2 aliphatic rings. The average molecular weight is 171 g/mol. The van der Waals surface area contributed by atoms with E-state index in [1.807, 2.05) is 0 Å². The fourth-order valence-corrected chi connectivity index (χ4v) is 1.95. The van der Waals surface area contributed by atoms with Crippen molar-refractivity contribution in [3.63, 3.8) is 0 Å². The molecule has 1 N–H and O–H groups in total. The van der Waals surface area contributed by atoms with E-state index in [1.165, 1.54) is 0 Å². The van der Waals surface area contributed by atoms with Crippen LogP contribution in [0.2, 0.25) is 0 Å². The summed E-state index contributed by atoms with van der Waals surface area (Å²) in [4.78, 5) is 0. The van der Waals surface area contributed by atoms with Crippen LogP contribution in [0.25, 0.3) is 0 Å². The third-order valence-electron chi connectivity index (χ3n) is 2.76. The summed E-state index contributed by atoms with van der Waals surface area (Å²) < 4.78 is 11.4. The minimum absolute atomic E-state index is 0.0128. The van der Waals surface area contributed by atoms with Crippen molar-refractivity contribution in [1.29, 1.82) is 0 Å². The topological polar surface area (TPSA) is 30.5 Å². The molecule has 2 heterocycles. The van der Waals surface area contributed by atoms with Gasteiger partial charge in [-0.2, -0.15) is 0 Å². The molecule has 0 radical (unpaired) electrons. The molecule has 0 aromatic carbocycles. The van der Waals surface area contributed by atoms with Crippen LogP contribution >= 0.6 is 0 Å². The van der Waals surface area contributed by atoms with Crippen LogP contribution in [0.3, 0.4) is 0 Å². The van der Waals surface area contributed by atoms with Crippen molar-refractivity contribution in [2.75, 3.05) is 26.3 Å². The van der Waals surface area contributed by atoms with Gasteiger partial charge in [0.25, 0.3) is 0 Å². The normalized spacial score (nSPS) is 42.2. The highest BCUT2D eigenvalue weighted by Gasteiger charge is 2.40. The Morgan fingerprint density at radius 1 is 1.58 bits per heavy atom. The lowest BCUT2D eigenvalue weighted by molar-refractivity contribution is -0.116. The fourth-order valence-electron chi connectivity index (χ4n) is 1.95. The second-order valence-corrected chi connectivity index (χ2v) is 3.76. The smallest absolute Gasteiger partial charge is 0.106 e. The maximum absolute atomic E-state index is 6.00. The van der Waals surface area contributed by atoms with Crippen molar-refractivity contribution in [1.82, 2.24) is 5.32 Å². The van der Waals surface area contributed by atoms with E-state index < -0.39 is 0 Å². The van der Waals surface area contributed by atoms with Crippen LogP contribution < -0.4 is 5.32 Å². The van der Waals surface area contributed by atoms with E-state index in [0.717, 1.165) is 39.1 Å². The highest BCUT2D eigenvalue weighted by atomic mass is 16.6. The number of rotatable bonds is 1. The standard InChI is InChI=1S/C9H17NO2/c1-2-8-5-10-6-9(12-8)3-4-11-7-9/h8,10H,2-7H2,1H3/t8-,9-/m1/s1. The Balaban J connectivity index is 1.97. The van der Waals surface area contributed by atoms with Gasteiger partial charge in [0.05, 0.1) is 12.7 Å². The summed E-state index contributed by atoms with van der Waals surface area (Å²) in [5.41, 5.74) is 0.0128. The van der Waals surface area contributed by atoms with Crippen LogP contribution in [0.4, 0.5) is 0 Å². The Labute approximate surface area is 73.4 Å². The fraction of sp³-hybridized carbons (Fsp3) is 1.00. The van der Waals surface area contributed by atoms with E-state index in [9.17, 15) is 0 Å². The van der Waals surface area contributed by atoms with Gasteiger partial charge in [-0.3, -0.25) is 0 Å². The van der Waals surface area contributed by atoms with E-state index >= 15 is 0 Å². The molecule has 0 aliphatic carbocycles. The molecule has 2 atom stereocenters. The molecule has 2 aliphatic heterocycles. The lowest BCUT2D eigenvalue weighted by atomic mass is 10.0. The van der Waals surface area contributed by atoms with Crippen LogP contribution in [0.5, 0.6) is 0 Å². The second-order valence-electron chi connectivity index (χ2n) is 3.76. The van der Waals surface area contributed by atoms with E-state index in [4.69, 9.17) is 9.47 Å². The Morgan fingerprint density at radius 3 is 3.17 bits per heavy atom. The molecule has 1 spiro atoms. The highest BCUT2D eigenvalue weighted by Crippen LogP contribution is 2.27. The Bertz CT molecular complexity index is 155. The van der Waals surface area contributed by atoms with E-state index in [-0.39, 0.29) is 5.60 Å². The monoisotopic (exact) mass is 171 g/mol. The van der Waals surface area contributed by atoms with Crippen molar-refractivity contribution in [2.24, 2.45) is 0 Å². The predicted molar refractivity (Wildman–Crippen MR) is 46.2 cm³/mol. The average Bonchev–Trinajstić information content (AvgIpc) is 2.53. The van der Waals surface area contributed by atoms with Gasteiger partial charge in [-0.25, -0.2) is 0 Å². The number of hydrogen-bond donors (Lipinski definition) is 1. The van der Waals surface area contributed by atoms with Crippen molar-refractivity contribution >= 4 is 0 Å². The number of morpholine rings is 1. The first-order chi connectivity index (χ1) is 5.85. The molecular weight excluding hydrogens is 154 g/mol. The van der Waals surface area contributed by atoms with Crippen molar-refractivity contribution in [3.05, 3.63) is 0 Å². The molecule has 70 valence electrons. The van der Waals surface area contributed by atoms with Crippen molar-refractivity contribution < 1.29 is 9.47 Å². The molecule has 0 saturated carbocycles. The molecule has 0 aromatic rings. The highest BCUT2D eigenvalue weighted by molar-refractivity contribution is 4.91. The molecule has 0 bridgehead atoms. The zero-order chi connectivity index (χ0) is 8.44. The van der Waals surface area contributed by atoms with E-state index in [2.05, 4.69) is 12.2 Å². The summed E-state index contributed by atoms with van der Waals surface area (Å²) in [7, 11) is 0. The van der Waals surface area contributed by atoms with Crippen LogP contribution in [0, 0.1) is 0 Å².